The van der Waals surface area contributed by atoms with E-state index in [0.717, 1.165) is 0 Å². The minimum Gasteiger partial charge on any atom is -0.384 e. The average Bonchev–Trinajstić information content (AvgIpc) is 3.06. The van der Waals surface area contributed by atoms with Gasteiger partial charge in [0.15, 0.2) is 9.74 Å². The van der Waals surface area contributed by atoms with Crippen molar-refractivity contribution >= 4 is 34.5 Å². The largest absolute Gasteiger partial charge is 0.384 e. The summed E-state index contributed by atoms with van der Waals surface area (Å²) in [6, 6.07) is 8.29. The Balaban J connectivity index is 2.03. The molecular weight excluding hydrogens is 409 g/mol. The lowest BCUT2D eigenvalue weighted by Crippen LogP contribution is -2.42. The van der Waals surface area contributed by atoms with Crippen LogP contribution in [0.25, 0.3) is 0 Å². The number of ketones is 1. The highest BCUT2D eigenvalue weighted by Gasteiger charge is 2.45. The number of rotatable bonds is 2. The first-order valence-electron chi connectivity index (χ1n) is 8.99. The van der Waals surface area contributed by atoms with Crippen LogP contribution in [0.4, 0.5) is 9.52 Å². The second kappa shape index (κ2) is 6.90. The number of H-pyrrole nitrogens is 1. The number of hydrogen-bond donors (Lipinski definition) is 2. The van der Waals surface area contributed by atoms with Crippen molar-refractivity contribution in [2.24, 2.45) is 11.1 Å². The van der Waals surface area contributed by atoms with E-state index in [0.29, 0.717) is 33.2 Å². The number of nitrogens with one attached hydrogen (secondary N) is 1. The van der Waals surface area contributed by atoms with Gasteiger partial charge >= 0.3 is 0 Å². The van der Waals surface area contributed by atoms with E-state index in [9.17, 15) is 14.4 Å². The van der Waals surface area contributed by atoms with Crippen LogP contribution in [0.15, 0.2) is 46.9 Å². The molecule has 6 nitrogen and oxygen atoms in total. The van der Waals surface area contributed by atoms with Crippen molar-refractivity contribution < 1.29 is 9.18 Å². The van der Waals surface area contributed by atoms with Crippen LogP contribution in [0.3, 0.4) is 0 Å². The average molecular weight is 428 g/mol. The third-order valence-electron chi connectivity index (χ3n) is 5.22. The predicted octanol–water partition coefficient (Wildman–Crippen LogP) is 4.28. The zero-order chi connectivity index (χ0) is 20.9. The van der Waals surface area contributed by atoms with Crippen LogP contribution in [0.1, 0.15) is 38.2 Å². The van der Waals surface area contributed by atoms with Gasteiger partial charge in [0.2, 0.25) is 5.13 Å². The van der Waals surface area contributed by atoms with Gasteiger partial charge in [0.05, 0.1) is 17.6 Å². The molecule has 3 N–H and O–H groups in total. The monoisotopic (exact) mass is 427 g/mol. The van der Waals surface area contributed by atoms with E-state index in [1.807, 2.05) is 13.8 Å². The van der Waals surface area contributed by atoms with Gasteiger partial charge in [-0.15, -0.1) is 5.10 Å². The number of allylic oxidation sites excluding steroid dienone is 3. The van der Waals surface area contributed by atoms with Crippen LogP contribution in [0.5, 0.6) is 0 Å². The quantitative estimate of drug-likeness (QED) is 0.694. The highest BCUT2D eigenvalue weighted by molar-refractivity contribution is 7.73. The third kappa shape index (κ3) is 3.18. The second-order valence-corrected chi connectivity index (χ2v) is 9.54. The van der Waals surface area contributed by atoms with Gasteiger partial charge in [-0.25, -0.2) is 4.39 Å². The number of aromatic nitrogens is 2. The molecule has 2 aliphatic rings. The number of nitrogens with zero attached hydrogens (tertiary/aromatic N) is 3. The molecule has 0 spiro atoms. The fraction of sp³-hybridized carbons (Fsp3) is 0.300. The summed E-state index contributed by atoms with van der Waals surface area (Å²) < 4.78 is 15.2. The Kier molecular flexibility index (Phi) is 4.63. The van der Waals surface area contributed by atoms with Gasteiger partial charge in [-0.3, -0.25) is 14.8 Å². The summed E-state index contributed by atoms with van der Waals surface area (Å²) in [4.78, 5) is 14.9. The zero-order valence-corrected chi connectivity index (χ0v) is 17.5. The maximum atomic E-state index is 14.7. The van der Waals surface area contributed by atoms with Crippen molar-refractivity contribution in [2.45, 2.75) is 32.6 Å². The maximum Gasteiger partial charge on any atom is 0.216 e. The molecule has 1 aliphatic heterocycles. The van der Waals surface area contributed by atoms with Crippen LogP contribution in [0.2, 0.25) is 0 Å². The molecule has 0 radical (unpaired) electrons. The SMILES string of the molecule is CC1(C)CC(=O)C2=C(C1)N(c1n[nH]c(=S)s1)C(N)=C(C#N)C2c1ccccc1F. The molecule has 4 rings (SSSR count). The summed E-state index contributed by atoms with van der Waals surface area (Å²) in [7, 11) is 0. The zero-order valence-electron chi connectivity index (χ0n) is 15.8. The molecule has 0 bridgehead atoms. The molecule has 1 atom stereocenters. The molecule has 29 heavy (non-hydrogen) atoms. The number of benzene rings is 1. The highest BCUT2D eigenvalue weighted by Crippen LogP contribution is 2.50. The minimum atomic E-state index is -0.844. The maximum absolute atomic E-state index is 14.7. The summed E-state index contributed by atoms with van der Waals surface area (Å²) in [6.07, 6.45) is 0.838. The number of halogens is 1. The van der Waals surface area contributed by atoms with Crippen molar-refractivity contribution in [3.8, 4) is 6.07 Å². The number of nitrogens with two attached hydrogens (primary N) is 1. The Morgan fingerprint density at radius 2 is 2.14 bits per heavy atom. The Bertz CT molecular complexity index is 1180. The van der Waals surface area contributed by atoms with E-state index in [2.05, 4.69) is 16.3 Å². The number of hydrogen-bond acceptors (Lipinski definition) is 7. The van der Waals surface area contributed by atoms with E-state index in [1.165, 1.54) is 17.4 Å². The Labute approximate surface area is 176 Å². The van der Waals surface area contributed by atoms with Crippen LogP contribution < -0.4 is 10.6 Å². The lowest BCUT2D eigenvalue weighted by molar-refractivity contribution is -0.118. The molecule has 1 aromatic heterocycles. The molecule has 2 heterocycles. The number of nitriles is 1. The summed E-state index contributed by atoms with van der Waals surface area (Å²) >= 11 is 6.35. The lowest BCUT2D eigenvalue weighted by Gasteiger charge is -2.42. The van der Waals surface area contributed by atoms with E-state index in [4.69, 9.17) is 18.0 Å². The van der Waals surface area contributed by atoms with Gasteiger partial charge in [-0.05, 0) is 30.1 Å². The van der Waals surface area contributed by atoms with Crippen molar-refractivity contribution in [1.29, 1.82) is 5.26 Å². The molecule has 1 aromatic carbocycles. The lowest BCUT2D eigenvalue weighted by atomic mass is 9.68. The van der Waals surface area contributed by atoms with Crippen LogP contribution in [-0.2, 0) is 4.79 Å². The van der Waals surface area contributed by atoms with Crippen LogP contribution in [0, 0.1) is 26.5 Å². The summed E-state index contributed by atoms with van der Waals surface area (Å²) in [6.45, 7) is 3.99. The Morgan fingerprint density at radius 3 is 2.76 bits per heavy atom. The number of aromatic amines is 1. The van der Waals surface area contributed by atoms with Crippen molar-refractivity contribution in [3.05, 3.63) is 62.3 Å². The molecule has 9 heteroatoms. The van der Waals surface area contributed by atoms with Crippen LogP contribution in [-0.4, -0.2) is 16.0 Å². The molecule has 2 aromatic rings. The molecule has 0 amide bonds. The Morgan fingerprint density at radius 1 is 1.41 bits per heavy atom. The summed E-state index contributed by atoms with van der Waals surface area (Å²) in [5, 5.41) is 17.3. The topological polar surface area (TPSA) is 98.8 Å². The molecule has 0 saturated carbocycles. The van der Waals surface area contributed by atoms with Crippen molar-refractivity contribution in [3.63, 3.8) is 0 Å². The Hall–Kier alpha value is -2.83. The number of Topliss-reactive ketones (excluding diaryl/α,β-unsaturated/α-hetero) is 1. The van der Waals surface area contributed by atoms with Gasteiger partial charge in [0, 0.05) is 23.3 Å². The van der Waals surface area contributed by atoms with Gasteiger partial charge in [0.25, 0.3) is 0 Å². The van der Waals surface area contributed by atoms with Crippen molar-refractivity contribution in [1.82, 2.24) is 10.2 Å². The minimum absolute atomic E-state index is 0.117. The van der Waals surface area contributed by atoms with E-state index >= 15 is 0 Å². The molecule has 148 valence electrons. The summed E-state index contributed by atoms with van der Waals surface area (Å²) in [5.41, 5.74) is 7.56. The first kappa shape index (κ1) is 19.5. The second-order valence-electron chi connectivity index (χ2n) is 7.90. The van der Waals surface area contributed by atoms with E-state index < -0.39 is 11.7 Å². The number of carbonyl (C=O) groups is 1. The smallest absolute Gasteiger partial charge is 0.216 e. The first-order valence-corrected chi connectivity index (χ1v) is 10.2. The standard InChI is InChI=1S/C20H18FN5OS2/c1-20(2)7-13-16(14(27)8-20)15(10-5-3-4-6-12(10)21)11(9-22)17(23)26(13)18-24-25-19(28)29-18/h3-6,15H,7-8,23H2,1-2H3,(H,25,28). The van der Waals surface area contributed by atoms with Crippen molar-refractivity contribution in [2.75, 3.05) is 4.90 Å². The summed E-state index contributed by atoms with van der Waals surface area (Å²) in [5.74, 6) is -1.30. The van der Waals surface area contributed by atoms with Gasteiger partial charge < -0.3 is 5.73 Å². The third-order valence-corrected chi connectivity index (χ3v) is 6.29. The fourth-order valence-corrected chi connectivity index (χ4v) is 4.98. The molecule has 0 fully saturated rings. The molecule has 1 aliphatic carbocycles. The van der Waals surface area contributed by atoms with E-state index in [1.54, 1.807) is 23.1 Å². The molecular formula is C20H18FN5OS2. The van der Waals surface area contributed by atoms with Gasteiger partial charge in [-0.1, -0.05) is 43.4 Å². The number of carbonyl (C=O) groups excluding carboxylic acids is 1. The molecule has 1 unspecified atom stereocenters. The first-order chi connectivity index (χ1) is 13.7. The van der Waals surface area contributed by atoms with Gasteiger partial charge in [0.1, 0.15) is 11.6 Å². The normalized spacial score (nSPS) is 21.2. The predicted molar refractivity (Wildman–Crippen MR) is 111 cm³/mol. The van der Waals surface area contributed by atoms with E-state index in [-0.39, 0.29) is 28.2 Å². The molecule has 0 saturated heterocycles. The highest BCUT2D eigenvalue weighted by atomic mass is 32.1. The number of anilines is 1. The van der Waals surface area contributed by atoms with Gasteiger partial charge in [-0.2, -0.15) is 5.26 Å². The fourth-order valence-electron chi connectivity index (χ4n) is 4.07. The van der Waals surface area contributed by atoms with Crippen LogP contribution >= 0.6 is 23.6 Å².